The Morgan fingerprint density at radius 2 is 2.22 bits per heavy atom. The minimum Gasteiger partial charge on any atom is -0.329 e. The molecule has 2 heteroatoms. The maximum Gasteiger partial charge on any atom is 0.00746 e. The molecule has 0 saturated heterocycles. The van der Waals surface area contributed by atoms with Gasteiger partial charge in [-0.15, -0.1) is 0 Å². The summed E-state index contributed by atoms with van der Waals surface area (Å²) >= 11 is 0. The average molecular weight is 130 g/mol. The summed E-state index contributed by atoms with van der Waals surface area (Å²) in [6, 6.07) is 0. The molecule has 56 valence electrons. The highest BCUT2D eigenvalue weighted by Crippen LogP contribution is 1.95. The smallest absolute Gasteiger partial charge is 0.00746 e. The molecule has 0 aliphatic heterocycles. The zero-order valence-corrected chi connectivity index (χ0v) is 6.48. The van der Waals surface area contributed by atoms with Crippen molar-refractivity contribution in [1.82, 2.24) is 5.32 Å². The summed E-state index contributed by atoms with van der Waals surface area (Å²) in [5.74, 6) is 0.788. The van der Waals surface area contributed by atoms with Gasteiger partial charge in [0.15, 0.2) is 0 Å². The highest BCUT2D eigenvalue weighted by Gasteiger charge is 1.94. The van der Waals surface area contributed by atoms with Gasteiger partial charge >= 0.3 is 0 Å². The summed E-state index contributed by atoms with van der Waals surface area (Å²) in [7, 11) is 0. The van der Waals surface area contributed by atoms with E-state index in [1.54, 1.807) is 0 Å². The van der Waals surface area contributed by atoms with Gasteiger partial charge in [-0.1, -0.05) is 20.3 Å². The van der Waals surface area contributed by atoms with E-state index in [4.69, 9.17) is 5.73 Å². The van der Waals surface area contributed by atoms with Crippen LogP contribution in [0, 0.1) is 5.92 Å². The van der Waals surface area contributed by atoms with E-state index >= 15 is 0 Å². The van der Waals surface area contributed by atoms with Gasteiger partial charge in [-0.25, -0.2) is 0 Å². The lowest BCUT2D eigenvalue weighted by Gasteiger charge is -2.07. The predicted octanol–water partition coefficient (Wildman–Crippen LogP) is 0.581. The van der Waals surface area contributed by atoms with Crippen LogP contribution in [0.15, 0.2) is 0 Å². The average Bonchev–Trinajstić information content (AvgIpc) is 1.89. The highest BCUT2D eigenvalue weighted by molar-refractivity contribution is 4.53. The van der Waals surface area contributed by atoms with E-state index in [2.05, 4.69) is 19.2 Å². The fourth-order valence-corrected chi connectivity index (χ4v) is 0.595. The third-order valence-corrected chi connectivity index (χ3v) is 1.51. The summed E-state index contributed by atoms with van der Waals surface area (Å²) in [5.41, 5.74) is 5.29. The third kappa shape index (κ3) is 5.80. The standard InChI is InChI=1S/C7H18N2/c1-3-7(2)6-9-5-4-8/h7,9H,3-6,8H2,1-2H3. The summed E-state index contributed by atoms with van der Waals surface area (Å²) in [6.07, 6.45) is 1.25. The molecule has 0 aliphatic carbocycles. The second-order valence-electron chi connectivity index (χ2n) is 2.51. The Labute approximate surface area is 57.8 Å². The molecule has 1 atom stereocenters. The first-order valence-corrected chi connectivity index (χ1v) is 3.72. The Morgan fingerprint density at radius 3 is 2.67 bits per heavy atom. The summed E-state index contributed by atoms with van der Waals surface area (Å²) < 4.78 is 0. The lowest BCUT2D eigenvalue weighted by molar-refractivity contribution is 0.504. The quantitative estimate of drug-likeness (QED) is 0.534. The summed E-state index contributed by atoms with van der Waals surface area (Å²) in [6.45, 7) is 7.24. The monoisotopic (exact) mass is 130 g/mol. The zero-order chi connectivity index (χ0) is 7.11. The van der Waals surface area contributed by atoms with Crippen molar-refractivity contribution in [2.45, 2.75) is 20.3 Å². The van der Waals surface area contributed by atoms with Gasteiger partial charge in [0.1, 0.15) is 0 Å². The van der Waals surface area contributed by atoms with E-state index in [1.165, 1.54) is 6.42 Å². The van der Waals surface area contributed by atoms with Gasteiger partial charge in [-0.05, 0) is 12.5 Å². The van der Waals surface area contributed by atoms with Crippen molar-refractivity contribution in [2.24, 2.45) is 11.7 Å². The van der Waals surface area contributed by atoms with E-state index in [-0.39, 0.29) is 0 Å². The van der Waals surface area contributed by atoms with Crippen molar-refractivity contribution in [3.05, 3.63) is 0 Å². The molecule has 3 N–H and O–H groups in total. The molecule has 0 heterocycles. The molecule has 2 nitrogen and oxygen atoms in total. The van der Waals surface area contributed by atoms with Gasteiger partial charge in [0.2, 0.25) is 0 Å². The molecule has 0 fully saturated rings. The highest BCUT2D eigenvalue weighted by atomic mass is 14.9. The van der Waals surface area contributed by atoms with E-state index < -0.39 is 0 Å². The van der Waals surface area contributed by atoms with Crippen LogP contribution in [0.25, 0.3) is 0 Å². The van der Waals surface area contributed by atoms with Crippen LogP contribution in [0.5, 0.6) is 0 Å². The molecule has 0 saturated carbocycles. The molecule has 0 amide bonds. The van der Waals surface area contributed by atoms with Crippen LogP contribution in [-0.2, 0) is 0 Å². The van der Waals surface area contributed by atoms with Crippen molar-refractivity contribution < 1.29 is 0 Å². The van der Waals surface area contributed by atoms with E-state index in [1.807, 2.05) is 0 Å². The van der Waals surface area contributed by atoms with Crippen molar-refractivity contribution in [1.29, 1.82) is 0 Å². The van der Waals surface area contributed by atoms with E-state index in [9.17, 15) is 0 Å². The first-order valence-electron chi connectivity index (χ1n) is 3.72. The lowest BCUT2D eigenvalue weighted by Crippen LogP contribution is -2.26. The number of nitrogens with one attached hydrogen (secondary N) is 1. The zero-order valence-electron chi connectivity index (χ0n) is 6.48. The van der Waals surface area contributed by atoms with Crippen molar-refractivity contribution in [2.75, 3.05) is 19.6 Å². The van der Waals surface area contributed by atoms with Gasteiger partial charge in [-0.3, -0.25) is 0 Å². The van der Waals surface area contributed by atoms with Crippen LogP contribution in [-0.4, -0.2) is 19.6 Å². The molecular weight excluding hydrogens is 112 g/mol. The molecule has 0 aromatic rings. The topological polar surface area (TPSA) is 38.0 Å². The molecule has 0 aromatic heterocycles. The fraction of sp³-hybridized carbons (Fsp3) is 1.00. The van der Waals surface area contributed by atoms with Crippen molar-refractivity contribution in [3.63, 3.8) is 0 Å². The van der Waals surface area contributed by atoms with E-state index in [0.29, 0.717) is 0 Å². The Balaban J connectivity index is 2.88. The number of hydrogen-bond donors (Lipinski definition) is 2. The molecule has 0 radical (unpaired) electrons. The van der Waals surface area contributed by atoms with Crippen molar-refractivity contribution >= 4 is 0 Å². The Bertz CT molecular complexity index is 54.9. The van der Waals surface area contributed by atoms with Crippen LogP contribution < -0.4 is 11.1 Å². The van der Waals surface area contributed by atoms with Gasteiger partial charge in [0.05, 0.1) is 0 Å². The van der Waals surface area contributed by atoms with Crippen LogP contribution in [0.1, 0.15) is 20.3 Å². The molecule has 1 unspecified atom stereocenters. The summed E-state index contributed by atoms with van der Waals surface area (Å²) in [4.78, 5) is 0. The molecule has 0 aromatic carbocycles. The van der Waals surface area contributed by atoms with Crippen LogP contribution >= 0.6 is 0 Å². The Hall–Kier alpha value is -0.0800. The normalized spacial score (nSPS) is 13.7. The minimum atomic E-state index is 0.746. The SMILES string of the molecule is CCC(C)CNCCN. The number of hydrogen-bond acceptors (Lipinski definition) is 2. The second kappa shape index (κ2) is 6.05. The van der Waals surface area contributed by atoms with Gasteiger partial charge < -0.3 is 11.1 Å². The molecule has 0 aliphatic rings. The molecule has 0 bridgehead atoms. The van der Waals surface area contributed by atoms with Gasteiger partial charge in [0, 0.05) is 13.1 Å². The van der Waals surface area contributed by atoms with E-state index in [0.717, 1.165) is 25.6 Å². The Kier molecular flexibility index (Phi) is 5.99. The van der Waals surface area contributed by atoms with Crippen molar-refractivity contribution in [3.8, 4) is 0 Å². The minimum absolute atomic E-state index is 0.746. The molecular formula is C7H18N2. The van der Waals surface area contributed by atoms with Crippen LogP contribution in [0.4, 0.5) is 0 Å². The lowest BCUT2D eigenvalue weighted by atomic mass is 10.1. The molecule has 0 rings (SSSR count). The fourth-order valence-electron chi connectivity index (χ4n) is 0.595. The maximum atomic E-state index is 5.29. The van der Waals surface area contributed by atoms with Gasteiger partial charge in [0.25, 0.3) is 0 Å². The molecule has 9 heavy (non-hydrogen) atoms. The van der Waals surface area contributed by atoms with Crippen LogP contribution in [0.3, 0.4) is 0 Å². The first kappa shape index (κ1) is 8.92. The molecule has 0 spiro atoms. The van der Waals surface area contributed by atoms with Crippen LogP contribution in [0.2, 0.25) is 0 Å². The largest absolute Gasteiger partial charge is 0.329 e. The third-order valence-electron chi connectivity index (χ3n) is 1.51. The summed E-state index contributed by atoms with van der Waals surface area (Å²) in [5, 5.41) is 3.26. The second-order valence-corrected chi connectivity index (χ2v) is 2.51. The maximum absolute atomic E-state index is 5.29. The van der Waals surface area contributed by atoms with Gasteiger partial charge in [-0.2, -0.15) is 0 Å². The number of nitrogens with two attached hydrogens (primary N) is 1. The number of rotatable bonds is 5. The predicted molar refractivity (Wildman–Crippen MR) is 41.4 cm³/mol. The Morgan fingerprint density at radius 1 is 1.56 bits per heavy atom. The first-order chi connectivity index (χ1) is 4.31.